The number of hydrogen-bond donors (Lipinski definition) is 2. The molecule has 0 saturated heterocycles. The molecular formula is C5H10FNO2. The van der Waals surface area contributed by atoms with E-state index in [1.165, 1.54) is 6.92 Å². The van der Waals surface area contributed by atoms with Gasteiger partial charge in [0.25, 0.3) is 0 Å². The number of halogens is 1. The number of hydrogen-bond acceptors (Lipinski definition) is 2. The summed E-state index contributed by atoms with van der Waals surface area (Å²) in [7, 11) is 0. The van der Waals surface area contributed by atoms with Crippen LogP contribution in [-0.4, -0.2) is 23.3 Å². The molecule has 0 radical (unpaired) electrons. The summed E-state index contributed by atoms with van der Waals surface area (Å²) >= 11 is 0. The first kappa shape index (κ1) is 8.36. The molecule has 4 heteroatoms. The molecule has 0 saturated carbocycles. The molecule has 54 valence electrons. The van der Waals surface area contributed by atoms with Gasteiger partial charge in [0.1, 0.15) is 6.04 Å². The van der Waals surface area contributed by atoms with Gasteiger partial charge in [-0.1, -0.05) is 0 Å². The van der Waals surface area contributed by atoms with E-state index in [2.05, 4.69) is 0 Å². The molecule has 3 nitrogen and oxygen atoms in total. The number of carboxylic acid groups (broad SMARTS) is 1. The molecule has 0 aliphatic heterocycles. The van der Waals surface area contributed by atoms with Crippen LogP contribution in [0.4, 0.5) is 4.39 Å². The molecule has 0 aromatic heterocycles. The Hall–Kier alpha value is -0.640. The Labute approximate surface area is 52.7 Å². The summed E-state index contributed by atoms with van der Waals surface area (Å²) in [5.41, 5.74) is 4.98. The lowest BCUT2D eigenvalue weighted by atomic mass is 10.2. The highest BCUT2D eigenvalue weighted by Crippen LogP contribution is 1.98. The van der Waals surface area contributed by atoms with Gasteiger partial charge in [-0.3, -0.25) is 4.79 Å². The highest BCUT2D eigenvalue weighted by Gasteiger charge is 2.14. The van der Waals surface area contributed by atoms with Crippen LogP contribution in [-0.2, 0) is 4.79 Å². The second-order valence-corrected chi connectivity index (χ2v) is 1.96. The molecule has 2 atom stereocenters. The molecule has 0 bridgehead atoms. The maximum absolute atomic E-state index is 12.0. The van der Waals surface area contributed by atoms with Crippen molar-refractivity contribution in [2.75, 3.05) is 0 Å². The molecule has 0 spiro atoms. The van der Waals surface area contributed by atoms with Gasteiger partial charge < -0.3 is 10.8 Å². The zero-order valence-electron chi connectivity index (χ0n) is 5.17. The van der Waals surface area contributed by atoms with Gasteiger partial charge in [0, 0.05) is 6.42 Å². The van der Waals surface area contributed by atoms with E-state index >= 15 is 0 Å². The minimum atomic E-state index is -1.15. The Kier molecular flexibility index (Phi) is 3.16. The Balaban J connectivity index is 3.50. The van der Waals surface area contributed by atoms with Gasteiger partial charge in [-0.05, 0) is 6.92 Å². The minimum Gasteiger partial charge on any atom is -0.480 e. The summed E-state index contributed by atoms with van der Waals surface area (Å²) in [5, 5.41) is 8.14. The van der Waals surface area contributed by atoms with Crippen LogP contribution in [0, 0.1) is 0 Å². The Morgan fingerprint density at radius 1 is 1.89 bits per heavy atom. The fourth-order valence-electron chi connectivity index (χ4n) is 0.451. The van der Waals surface area contributed by atoms with Crippen LogP contribution >= 0.6 is 0 Å². The van der Waals surface area contributed by atoms with Crippen molar-refractivity contribution >= 4 is 5.97 Å². The monoisotopic (exact) mass is 135 g/mol. The fraction of sp³-hybridized carbons (Fsp3) is 0.800. The zero-order chi connectivity index (χ0) is 7.44. The van der Waals surface area contributed by atoms with Gasteiger partial charge in [0.15, 0.2) is 0 Å². The SMILES string of the molecule is C[C@@H](F)C[C@@H](N)C(=O)O. The Morgan fingerprint density at radius 3 is 2.44 bits per heavy atom. The van der Waals surface area contributed by atoms with Crippen molar-refractivity contribution in [3.8, 4) is 0 Å². The molecule has 0 aromatic carbocycles. The van der Waals surface area contributed by atoms with Crippen LogP contribution in [0.25, 0.3) is 0 Å². The van der Waals surface area contributed by atoms with Crippen molar-refractivity contribution in [1.29, 1.82) is 0 Å². The first-order valence-corrected chi connectivity index (χ1v) is 2.66. The second kappa shape index (κ2) is 3.40. The summed E-state index contributed by atoms with van der Waals surface area (Å²) in [5.74, 6) is -1.15. The molecule has 0 fully saturated rings. The lowest BCUT2D eigenvalue weighted by Gasteiger charge is -2.04. The van der Waals surface area contributed by atoms with Crippen molar-refractivity contribution in [1.82, 2.24) is 0 Å². The van der Waals surface area contributed by atoms with Crippen molar-refractivity contribution in [3.05, 3.63) is 0 Å². The fourth-order valence-corrected chi connectivity index (χ4v) is 0.451. The van der Waals surface area contributed by atoms with Gasteiger partial charge in [-0.2, -0.15) is 0 Å². The molecule has 0 rings (SSSR count). The number of rotatable bonds is 3. The van der Waals surface area contributed by atoms with Crippen LogP contribution in [0.2, 0.25) is 0 Å². The normalized spacial score (nSPS) is 16.8. The van der Waals surface area contributed by atoms with Crippen LogP contribution in [0.3, 0.4) is 0 Å². The molecule has 0 aliphatic rings. The summed E-state index contributed by atoms with van der Waals surface area (Å²) in [6, 6.07) is -1.06. The van der Waals surface area contributed by atoms with Gasteiger partial charge in [-0.25, -0.2) is 4.39 Å². The third-order valence-corrected chi connectivity index (χ3v) is 0.896. The van der Waals surface area contributed by atoms with E-state index in [4.69, 9.17) is 10.8 Å². The lowest BCUT2D eigenvalue weighted by molar-refractivity contribution is -0.139. The number of carboxylic acids is 1. The number of carbonyl (C=O) groups is 1. The van der Waals surface area contributed by atoms with E-state index in [1.807, 2.05) is 0 Å². The Morgan fingerprint density at radius 2 is 2.33 bits per heavy atom. The van der Waals surface area contributed by atoms with Gasteiger partial charge >= 0.3 is 5.97 Å². The highest BCUT2D eigenvalue weighted by atomic mass is 19.1. The van der Waals surface area contributed by atoms with Crippen LogP contribution in [0.1, 0.15) is 13.3 Å². The molecule has 0 aliphatic carbocycles. The van der Waals surface area contributed by atoms with Crippen LogP contribution in [0.15, 0.2) is 0 Å². The quantitative estimate of drug-likeness (QED) is 0.578. The van der Waals surface area contributed by atoms with E-state index in [9.17, 15) is 9.18 Å². The second-order valence-electron chi connectivity index (χ2n) is 1.96. The van der Waals surface area contributed by atoms with E-state index in [0.717, 1.165) is 0 Å². The molecule has 3 N–H and O–H groups in total. The molecular weight excluding hydrogens is 125 g/mol. The lowest BCUT2D eigenvalue weighted by Crippen LogP contribution is -2.32. The first-order valence-electron chi connectivity index (χ1n) is 2.66. The first-order chi connectivity index (χ1) is 4.04. The van der Waals surface area contributed by atoms with E-state index in [1.54, 1.807) is 0 Å². The predicted octanol–water partition coefficient (Wildman–Crippen LogP) is 0.146. The number of aliphatic carboxylic acids is 1. The van der Waals surface area contributed by atoms with Gasteiger partial charge in [0.05, 0.1) is 6.17 Å². The molecule has 0 unspecified atom stereocenters. The maximum Gasteiger partial charge on any atom is 0.320 e. The van der Waals surface area contributed by atoms with Crippen molar-refractivity contribution in [2.45, 2.75) is 25.6 Å². The predicted molar refractivity (Wildman–Crippen MR) is 30.8 cm³/mol. The third kappa shape index (κ3) is 3.90. The van der Waals surface area contributed by atoms with Crippen molar-refractivity contribution in [2.24, 2.45) is 5.73 Å². The minimum absolute atomic E-state index is 0.116. The van der Waals surface area contributed by atoms with E-state index in [0.29, 0.717) is 0 Å². The topological polar surface area (TPSA) is 63.3 Å². The molecule has 9 heavy (non-hydrogen) atoms. The number of nitrogens with two attached hydrogens (primary N) is 1. The average molecular weight is 135 g/mol. The van der Waals surface area contributed by atoms with Crippen LogP contribution in [0.5, 0.6) is 0 Å². The number of alkyl halides is 1. The van der Waals surface area contributed by atoms with Gasteiger partial charge in [-0.15, -0.1) is 0 Å². The molecule has 0 amide bonds. The standard InChI is InChI=1S/C5H10FNO2/c1-3(6)2-4(7)5(8)9/h3-4H,2,7H2,1H3,(H,8,9)/t3-,4-/m1/s1. The van der Waals surface area contributed by atoms with E-state index in [-0.39, 0.29) is 6.42 Å². The van der Waals surface area contributed by atoms with Gasteiger partial charge in [0.2, 0.25) is 0 Å². The zero-order valence-corrected chi connectivity index (χ0v) is 5.17. The molecule has 0 heterocycles. The summed E-state index contributed by atoms with van der Waals surface area (Å²) < 4.78 is 12.0. The maximum atomic E-state index is 12.0. The smallest absolute Gasteiger partial charge is 0.320 e. The highest BCUT2D eigenvalue weighted by molar-refractivity contribution is 5.73. The van der Waals surface area contributed by atoms with Crippen LogP contribution < -0.4 is 5.73 Å². The van der Waals surface area contributed by atoms with E-state index < -0.39 is 18.2 Å². The van der Waals surface area contributed by atoms with Crippen molar-refractivity contribution in [3.63, 3.8) is 0 Å². The van der Waals surface area contributed by atoms with Crippen molar-refractivity contribution < 1.29 is 14.3 Å². The summed E-state index contributed by atoms with van der Waals surface area (Å²) in [6.45, 7) is 1.28. The average Bonchev–Trinajstić information content (AvgIpc) is 1.63. The Bertz CT molecular complexity index is 105. The molecule has 0 aromatic rings. The largest absolute Gasteiger partial charge is 0.480 e. The third-order valence-electron chi connectivity index (χ3n) is 0.896. The summed E-state index contributed by atoms with van der Waals surface area (Å²) in [4.78, 5) is 9.94. The summed E-state index contributed by atoms with van der Waals surface area (Å²) in [6.07, 6.45) is -1.26.